The van der Waals surface area contributed by atoms with Crippen molar-refractivity contribution < 1.29 is 5.11 Å². The second-order valence-electron chi connectivity index (χ2n) is 8.00. The van der Waals surface area contributed by atoms with Crippen LogP contribution in [0.5, 0.6) is 0 Å². The highest BCUT2D eigenvalue weighted by Gasteiger charge is 2.53. The van der Waals surface area contributed by atoms with Crippen LogP contribution in [0.25, 0.3) is 0 Å². The van der Waals surface area contributed by atoms with Crippen LogP contribution in [0.1, 0.15) is 46.0 Å². The van der Waals surface area contributed by atoms with Gasteiger partial charge in [0.05, 0.1) is 6.10 Å². The lowest BCUT2D eigenvalue weighted by atomic mass is 9.52. The third-order valence-electron chi connectivity index (χ3n) is 6.69. The van der Waals surface area contributed by atoms with E-state index in [1.165, 1.54) is 36.8 Å². The van der Waals surface area contributed by atoms with Crippen LogP contribution in [-0.4, -0.2) is 19.1 Å². The zero-order valence-electron chi connectivity index (χ0n) is 13.8. The van der Waals surface area contributed by atoms with Gasteiger partial charge in [-0.2, -0.15) is 0 Å². The molecule has 3 fully saturated rings. The van der Waals surface area contributed by atoms with Crippen molar-refractivity contribution in [2.75, 3.05) is 0 Å². The van der Waals surface area contributed by atoms with E-state index in [0.717, 1.165) is 12.3 Å². The normalized spacial score (nSPS) is 50.0. The molecule has 4 unspecified atom stereocenters. The van der Waals surface area contributed by atoms with Gasteiger partial charge in [0.2, 0.25) is 0 Å². The molecule has 3 saturated carbocycles. The fraction of sp³-hybridized carbons (Fsp3) is 0.684. The Hall–Kier alpha value is -0.755. The number of fused-ring (bicyclic) bond motifs is 3. The van der Waals surface area contributed by atoms with E-state index in [9.17, 15) is 5.11 Å². The number of allylic oxidation sites excluding steroid dienone is 4. The van der Waals surface area contributed by atoms with E-state index in [2.05, 4.69) is 40.4 Å². The van der Waals surface area contributed by atoms with Crippen molar-refractivity contribution in [3.8, 4) is 0 Å². The number of hydrogen-bond donors (Lipinski definition) is 1. The van der Waals surface area contributed by atoms with Gasteiger partial charge in [0, 0.05) is 5.92 Å². The fourth-order valence-electron chi connectivity index (χ4n) is 5.64. The molecular weight excluding hydrogens is 255 g/mol. The fourth-order valence-corrected chi connectivity index (χ4v) is 5.64. The van der Waals surface area contributed by atoms with Gasteiger partial charge in [-0.05, 0) is 55.1 Å². The Morgan fingerprint density at radius 1 is 1.33 bits per heavy atom. The summed E-state index contributed by atoms with van der Waals surface area (Å²) in [7, 11) is 2.41. The van der Waals surface area contributed by atoms with Crippen molar-refractivity contribution in [2.45, 2.75) is 57.4 Å². The van der Waals surface area contributed by atoms with Crippen molar-refractivity contribution in [3.63, 3.8) is 0 Å². The summed E-state index contributed by atoms with van der Waals surface area (Å²) in [6.07, 6.45) is 12.2. The van der Waals surface area contributed by atoms with E-state index in [0.29, 0.717) is 23.1 Å². The maximum atomic E-state index is 10.9. The third kappa shape index (κ3) is 2.36. The lowest BCUT2D eigenvalue weighted by Crippen LogP contribution is -2.46. The van der Waals surface area contributed by atoms with Crippen LogP contribution >= 0.6 is 0 Å². The van der Waals surface area contributed by atoms with Crippen molar-refractivity contribution in [3.05, 3.63) is 36.0 Å². The second kappa shape index (κ2) is 5.46. The largest absolute Gasteiger partial charge is 0.392 e. The first-order valence-electron chi connectivity index (χ1n) is 8.66. The molecule has 0 heterocycles. The Kier molecular flexibility index (Phi) is 3.94. The van der Waals surface area contributed by atoms with E-state index < -0.39 is 0 Å². The quantitative estimate of drug-likeness (QED) is 0.728. The van der Waals surface area contributed by atoms with Gasteiger partial charge in [0.25, 0.3) is 0 Å². The standard InChI is InChI=1S/C19H29BO/c1-4-6-13-12(5-2)7-8-15-14-9-10-19(3,20)16(14)11-17(21)18(13)15/h4-6,14-18,21H,1,7-11,20H2,2-3H3/b12-5-,13-6+/t14?,15?,16-,17-,18?,19?/m0/s1. The molecule has 0 bridgehead atoms. The molecule has 6 atom stereocenters. The summed E-state index contributed by atoms with van der Waals surface area (Å²) in [6.45, 7) is 8.43. The highest BCUT2D eigenvalue weighted by Crippen LogP contribution is 2.62. The predicted octanol–water partition coefficient (Wildman–Crippen LogP) is 3.67. The molecule has 21 heavy (non-hydrogen) atoms. The van der Waals surface area contributed by atoms with Crippen LogP contribution in [0.3, 0.4) is 0 Å². The molecule has 0 aliphatic heterocycles. The van der Waals surface area contributed by atoms with Crippen molar-refractivity contribution in [1.29, 1.82) is 0 Å². The minimum Gasteiger partial charge on any atom is -0.392 e. The van der Waals surface area contributed by atoms with E-state index in [1.807, 2.05) is 6.08 Å². The van der Waals surface area contributed by atoms with Gasteiger partial charge in [-0.25, -0.2) is 0 Å². The summed E-state index contributed by atoms with van der Waals surface area (Å²) in [5.74, 6) is 2.56. The van der Waals surface area contributed by atoms with E-state index in [4.69, 9.17) is 0 Å². The van der Waals surface area contributed by atoms with E-state index >= 15 is 0 Å². The second-order valence-corrected chi connectivity index (χ2v) is 8.00. The summed E-state index contributed by atoms with van der Waals surface area (Å²) in [5.41, 5.74) is 2.81. The summed E-state index contributed by atoms with van der Waals surface area (Å²) in [6, 6.07) is 0. The lowest BCUT2D eigenvalue weighted by molar-refractivity contribution is -0.0182. The zero-order valence-corrected chi connectivity index (χ0v) is 13.8. The minimum atomic E-state index is -0.171. The first-order valence-corrected chi connectivity index (χ1v) is 8.66. The minimum absolute atomic E-state index is 0.171. The van der Waals surface area contributed by atoms with Crippen LogP contribution in [0.2, 0.25) is 5.31 Å². The molecule has 0 spiro atoms. The molecule has 0 aromatic carbocycles. The molecule has 3 aliphatic rings. The maximum Gasteiger partial charge on any atom is 0.109 e. The SMILES string of the molecule is BC1(C)CCC2C3CCC(=C/C)/C(=C\C=C)C3[C@@H](O)C[C@@H]21. The summed E-state index contributed by atoms with van der Waals surface area (Å²) in [5, 5.41) is 11.3. The number of aliphatic hydroxyl groups excluding tert-OH is 1. The van der Waals surface area contributed by atoms with Gasteiger partial charge in [-0.3, -0.25) is 0 Å². The summed E-state index contributed by atoms with van der Waals surface area (Å²) >= 11 is 0. The molecule has 0 amide bonds. The van der Waals surface area contributed by atoms with Gasteiger partial charge >= 0.3 is 0 Å². The Morgan fingerprint density at radius 2 is 2.10 bits per heavy atom. The summed E-state index contributed by atoms with van der Waals surface area (Å²) < 4.78 is 0. The van der Waals surface area contributed by atoms with Gasteiger partial charge < -0.3 is 5.11 Å². The van der Waals surface area contributed by atoms with Crippen LogP contribution in [0.15, 0.2) is 36.0 Å². The van der Waals surface area contributed by atoms with E-state index in [1.54, 1.807) is 0 Å². The van der Waals surface area contributed by atoms with Crippen LogP contribution in [-0.2, 0) is 0 Å². The molecule has 0 aromatic rings. The highest BCUT2D eigenvalue weighted by molar-refractivity contribution is 6.15. The lowest BCUT2D eigenvalue weighted by Gasteiger charge is -2.50. The molecule has 0 saturated heterocycles. The molecule has 114 valence electrons. The molecule has 2 heteroatoms. The van der Waals surface area contributed by atoms with Crippen LogP contribution < -0.4 is 0 Å². The predicted molar refractivity (Wildman–Crippen MR) is 92.0 cm³/mol. The maximum absolute atomic E-state index is 10.9. The van der Waals surface area contributed by atoms with Gasteiger partial charge in [-0.1, -0.05) is 49.9 Å². The first-order chi connectivity index (χ1) is 9.99. The third-order valence-corrected chi connectivity index (χ3v) is 6.69. The number of rotatable bonds is 1. The molecule has 1 N–H and O–H groups in total. The monoisotopic (exact) mass is 284 g/mol. The van der Waals surface area contributed by atoms with Gasteiger partial charge in [0.1, 0.15) is 7.85 Å². The molecular formula is C19H29BO. The van der Waals surface area contributed by atoms with Gasteiger partial charge in [0.15, 0.2) is 0 Å². The van der Waals surface area contributed by atoms with Gasteiger partial charge in [-0.15, -0.1) is 0 Å². The molecule has 0 aromatic heterocycles. The molecule has 3 aliphatic carbocycles. The Labute approximate surface area is 130 Å². The number of aliphatic hydroxyl groups is 1. The zero-order chi connectivity index (χ0) is 15.2. The van der Waals surface area contributed by atoms with Crippen LogP contribution in [0, 0.1) is 23.7 Å². The Bertz CT molecular complexity index is 488. The van der Waals surface area contributed by atoms with Crippen LogP contribution in [0.4, 0.5) is 0 Å². The smallest absolute Gasteiger partial charge is 0.109 e. The Morgan fingerprint density at radius 3 is 2.76 bits per heavy atom. The molecule has 1 nitrogen and oxygen atoms in total. The first kappa shape index (κ1) is 15.2. The summed E-state index contributed by atoms with van der Waals surface area (Å²) in [4.78, 5) is 0. The molecule has 3 rings (SSSR count). The molecule has 0 radical (unpaired) electrons. The van der Waals surface area contributed by atoms with Crippen molar-refractivity contribution >= 4 is 7.85 Å². The topological polar surface area (TPSA) is 20.2 Å². The highest BCUT2D eigenvalue weighted by atomic mass is 16.3. The average molecular weight is 284 g/mol. The van der Waals surface area contributed by atoms with Crippen molar-refractivity contribution in [1.82, 2.24) is 0 Å². The Balaban J connectivity index is 1.96. The average Bonchev–Trinajstić information content (AvgIpc) is 2.75. The number of hydrogen-bond acceptors (Lipinski definition) is 1. The van der Waals surface area contributed by atoms with Crippen molar-refractivity contribution in [2.24, 2.45) is 23.7 Å². The van der Waals surface area contributed by atoms with E-state index in [-0.39, 0.29) is 6.10 Å².